The summed E-state index contributed by atoms with van der Waals surface area (Å²) in [5, 5.41) is 3.22. The van der Waals surface area contributed by atoms with Crippen molar-refractivity contribution >= 4 is 16.8 Å². The minimum absolute atomic E-state index is 0.781. The lowest BCUT2D eigenvalue weighted by Crippen LogP contribution is -2.24. The van der Waals surface area contributed by atoms with Gasteiger partial charge in [0.25, 0.3) is 0 Å². The molecule has 1 atom stereocenters. The van der Waals surface area contributed by atoms with Gasteiger partial charge in [-0.05, 0) is 25.0 Å². The first-order valence-corrected chi connectivity index (χ1v) is 6.19. The molecule has 0 radical (unpaired) electrons. The van der Waals surface area contributed by atoms with Crippen LogP contribution < -0.4 is 5.32 Å². The summed E-state index contributed by atoms with van der Waals surface area (Å²) < 4.78 is 15.8. The van der Waals surface area contributed by atoms with Gasteiger partial charge in [0.15, 0.2) is 11.0 Å². The third kappa shape index (κ3) is 1.81. The van der Waals surface area contributed by atoms with E-state index in [1.807, 2.05) is 25.1 Å². The monoisotopic (exact) mass is 222 g/mol. The summed E-state index contributed by atoms with van der Waals surface area (Å²) in [6, 6.07) is 5.82. The first kappa shape index (κ1) is 10.4. The summed E-state index contributed by atoms with van der Waals surface area (Å²) in [7, 11) is -1.22. The number of amidine groups is 1. The Bertz CT molecular complexity index is 440. The highest BCUT2D eigenvalue weighted by Gasteiger charge is 2.23. The number of hydrogen-bond donors (Lipinski definition) is 1. The van der Waals surface area contributed by atoms with Crippen molar-refractivity contribution in [3.63, 3.8) is 0 Å². The van der Waals surface area contributed by atoms with E-state index in [1.54, 1.807) is 0 Å². The lowest BCUT2D eigenvalue weighted by atomic mass is 10.1. The van der Waals surface area contributed by atoms with Crippen LogP contribution in [0.3, 0.4) is 0 Å². The van der Waals surface area contributed by atoms with Gasteiger partial charge in [-0.3, -0.25) is 0 Å². The molecule has 1 aromatic carbocycles. The van der Waals surface area contributed by atoms with Crippen molar-refractivity contribution in [3.05, 3.63) is 29.3 Å². The fourth-order valence-electron chi connectivity index (χ4n) is 1.63. The Labute approximate surface area is 92.2 Å². The van der Waals surface area contributed by atoms with E-state index in [9.17, 15) is 4.21 Å². The molecule has 2 rings (SSSR count). The van der Waals surface area contributed by atoms with Crippen LogP contribution >= 0.6 is 0 Å². The molecule has 1 heterocycles. The molecule has 0 aliphatic carbocycles. The molecular formula is C11H14N2OS. The number of nitrogens with one attached hydrogen (secondary N) is 1. The zero-order valence-electron chi connectivity index (χ0n) is 8.91. The molecule has 0 amide bonds. The second kappa shape index (κ2) is 4.14. The molecule has 1 unspecified atom stereocenters. The van der Waals surface area contributed by atoms with E-state index >= 15 is 0 Å². The Morgan fingerprint density at radius 3 is 3.00 bits per heavy atom. The van der Waals surface area contributed by atoms with Crippen molar-refractivity contribution in [2.24, 2.45) is 4.40 Å². The van der Waals surface area contributed by atoms with Crippen LogP contribution in [0.2, 0.25) is 0 Å². The molecule has 3 nitrogen and oxygen atoms in total. The summed E-state index contributed by atoms with van der Waals surface area (Å²) >= 11 is 0. The van der Waals surface area contributed by atoms with Gasteiger partial charge in [-0.1, -0.05) is 19.1 Å². The largest absolute Gasteiger partial charge is 0.369 e. The van der Waals surface area contributed by atoms with Gasteiger partial charge in [0.2, 0.25) is 0 Å². The van der Waals surface area contributed by atoms with Gasteiger partial charge in [0.1, 0.15) is 5.84 Å². The summed E-state index contributed by atoms with van der Waals surface area (Å²) in [5.41, 5.74) is 2.14. The molecule has 0 aromatic heterocycles. The van der Waals surface area contributed by atoms with Gasteiger partial charge < -0.3 is 5.32 Å². The molecular weight excluding hydrogens is 208 g/mol. The maximum Gasteiger partial charge on any atom is 0.175 e. The van der Waals surface area contributed by atoms with Crippen molar-refractivity contribution < 1.29 is 4.21 Å². The van der Waals surface area contributed by atoms with Crippen LogP contribution in [0.25, 0.3) is 0 Å². The Balaban J connectivity index is 2.39. The molecule has 1 N–H and O–H groups in total. The molecule has 0 bridgehead atoms. The van der Waals surface area contributed by atoms with Gasteiger partial charge >= 0.3 is 0 Å². The van der Waals surface area contributed by atoms with E-state index in [1.165, 1.54) is 0 Å². The minimum Gasteiger partial charge on any atom is -0.369 e. The summed E-state index contributed by atoms with van der Waals surface area (Å²) in [6.07, 6.45) is 1.03. The molecule has 4 heteroatoms. The highest BCUT2D eigenvalue weighted by Crippen LogP contribution is 2.24. The van der Waals surface area contributed by atoms with E-state index in [0.29, 0.717) is 0 Å². The van der Waals surface area contributed by atoms with Gasteiger partial charge in [-0.2, -0.15) is 4.40 Å². The van der Waals surface area contributed by atoms with E-state index in [0.717, 1.165) is 34.8 Å². The second-order valence-electron chi connectivity index (χ2n) is 3.56. The Morgan fingerprint density at radius 2 is 2.27 bits per heavy atom. The van der Waals surface area contributed by atoms with Crippen LogP contribution in [0.5, 0.6) is 0 Å². The maximum atomic E-state index is 11.7. The van der Waals surface area contributed by atoms with Gasteiger partial charge in [0, 0.05) is 12.1 Å². The normalized spacial score (nSPS) is 18.5. The molecule has 0 saturated heterocycles. The zero-order valence-corrected chi connectivity index (χ0v) is 9.73. The molecule has 0 spiro atoms. The van der Waals surface area contributed by atoms with E-state index < -0.39 is 11.0 Å². The highest BCUT2D eigenvalue weighted by molar-refractivity contribution is 7.84. The van der Waals surface area contributed by atoms with Crippen molar-refractivity contribution in [3.8, 4) is 0 Å². The standard InChI is InChI=1S/C11H14N2OS/c1-3-7-12-11-10-8(2)5-4-6-9(10)15(14)13-11/h4-6H,3,7H2,1-2H3,(H,12,13). The predicted octanol–water partition coefficient (Wildman–Crippen LogP) is 1.78. The topological polar surface area (TPSA) is 41.5 Å². The lowest BCUT2D eigenvalue weighted by molar-refractivity contribution is 0.685. The van der Waals surface area contributed by atoms with Crippen LogP contribution in [0.15, 0.2) is 27.5 Å². The van der Waals surface area contributed by atoms with Crippen molar-refractivity contribution in [2.75, 3.05) is 6.54 Å². The van der Waals surface area contributed by atoms with Gasteiger partial charge in [-0.25, -0.2) is 4.21 Å². The summed E-state index contributed by atoms with van der Waals surface area (Å²) in [6.45, 7) is 4.98. The zero-order chi connectivity index (χ0) is 10.8. The fraction of sp³-hybridized carbons (Fsp3) is 0.364. The van der Waals surface area contributed by atoms with E-state index in [-0.39, 0.29) is 0 Å². The first-order valence-electron chi connectivity index (χ1n) is 5.08. The fourth-order valence-corrected chi connectivity index (χ4v) is 2.68. The Hall–Kier alpha value is -1.16. The van der Waals surface area contributed by atoms with Crippen LogP contribution in [0.4, 0.5) is 0 Å². The molecule has 1 aliphatic rings. The molecule has 80 valence electrons. The SMILES string of the molecule is CCCNC1=NS(=O)c2cccc(C)c21. The third-order valence-electron chi connectivity index (χ3n) is 2.38. The second-order valence-corrected chi connectivity index (χ2v) is 4.68. The average Bonchev–Trinajstić information content (AvgIpc) is 2.55. The van der Waals surface area contributed by atoms with Crippen molar-refractivity contribution in [2.45, 2.75) is 25.2 Å². The Kier molecular flexibility index (Phi) is 2.86. The van der Waals surface area contributed by atoms with Crippen molar-refractivity contribution in [1.29, 1.82) is 0 Å². The maximum absolute atomic E-state index is 11.7. The molecule has 1 aliphatic heterocycles. The van der Waals surface area contributed by atoms with Crippen LogP contribution in [-0.4, -0.2) is 16.6 Å². The van der Waals surface area contributed by atoms with Crippen LogP contribution in [0.1, 0.15) is 24.5 Å². The van der Waals surface area contributed by atoms with E-state index in [2.05, 4.69) is 16.6 Å². The Morgan fingerprint density at radius 1 is 1.47 bits per heavy atom. The summed E-state index contributed by atoms with van der Waals surface area (Å²) in [5.74, 6) is 0.781. The number of aryl methyl sites for hydroxylation is 1. The lowest BCUT2D eigenvalue weighted by Gasteiger charge is -2.07. The molecule has 0 fully saturated rings. The smallest absolute Gasteiger partial charge is 0.175 e. The third-order valence-corrected chi connectivity index (χ3v) is 3.44. The predicted molar refractivity (Wildman–Crippen MR) is 62.4 cm³/mol. The molecule has 1 aromatic rings. The van der Waals surface area contributed by atoms with Crippen LogP contribution in [0, 0.1) is 6.92 Å². The van der Waals surface area contributed by atoms with Gasteiger partial charge in [0.05, 0.1) is 4.90 Å². The minimum atomic E-state index is -1.22. The summed E-state index contributed by atoms with van der Waals surface area (Å²) in [4.78, 5) is 0.827. The quantitative estimate of drug-likeness (QED) is 0.828. The van der Waals surface area contributed by atoms with Crippen LogP contribution in [-0.2, 0) is 11.0 Å². The average molecular weight is 222 g/mol. The van der Waals surface area contributed by atoms with Gasteiger partial charge in [-0.15, -0.1) is 0 Å². The number of fused-ring (bicyclic) bond motifs is 1. The first-order chi connectivity index (χ1) is 7.24. The number of hydrogen-bond acceptors (Lipinski definition) is 2. The number of benzene rings is 1. The van der Waals surface area contributed by atoms with E-state index in [4.69, 9.17) is 0 Å². The number of nitrogens with zero attached hydrogens (tertiary/aromatic N) is 1. The highest BCUT2D eigenvalue weighted by atomic mass is 32.2. The molecule has 15 heavy (non-hydrogen) atoms. The number of rotatable bonds is 2. The van der Waals surface area contributed by atoms with Crippen molar-refractivity contribution in [1.82, 2.24) is 5.32 Å². The molecule has 0 saturated carbocycles.